The fraction of sp³-hybridized carbons (Fsp3) is 0.231. The number of carbonyl (C=O) groups excluding carboxylic acids is 1. The first-order chi connectivity index (χ1) is 8.54. The van der Waals surface area contributed by atoms with Crippen LogP contribution in [-0.4, -0.2) is 17.6 Å². The van der Waals surface area contributed by atoms with Crippen LogP contribution in [-0.2, 0) is 4.74 Å². The fourth-order valence-electron chi connectivity index (χ4n) is 1.89. The van der Waals surface area contributed by atoms with Crippen molar-refractivity contribution in [1.29, 1.82) is 0 Å². The molecule has 1 aromatic heterocycles. The van der Waals surface area contributed by atoms with Crippen LogP contribution in [0.1, 0.15) is 22.8 Å². The monoisotopic (exact) mass is 248 g/mol. The second-order valence-corrected chi connectivity index (χ2v) is 3.92. The molecule has 0 fully saturated rings. The number of esters is 1. The highest BCUT2D eigenvalue weighted by Crippen LogP contribution is 2.27. The van der Waals surface area contributed by atoms with E-state index in [1.807, 2.05) is 0 Å². The highest BCUT2D eigenvalue weighted by molar-refractivity contribution is 6.05. The number of anilines is 1. The minimum atomic E-state index is -0.520. The van der Waals surface area contributed by atoms with E-state index in [2.05, 4.69) is 4.98 Å². The number of carbonyl (C=O) groups is 1. The smallest absolute Gasteiger partial charge is 0.341 e. The van der Waals surface area contributed by atoms with Gasteiger partial charge in [0.2, 0.25) is 0 Å². The first-order valence-corrected chi connectivity index (χ1v) is 5.56. The number of hydrogen-bond donors (Lipinski definition) is 1. The summed E-state index contributed by atoms with van der Waals surface area (Å²) in [5, 5.41) is 0.585. The van der Waals surface area contributed by atoms with Crippen LogP contribution in [0.4, 0.5) is 10.1 Å². The van der Waals surface area contributed by atoms with Crippen molar-refractivity contribution in [2.75, 3.05) is 12.3 Å². The minimum Gasteiger partial charge on any atom is -0.462 e. The van der Waals surface area contributed by atoms with Crippen LogP contribution in [0.25, 0.3) is 10.9 Å². The van der Waals surface area contributed by atoms with Gasteiger partial charge in [0.1, 0.15) is 11.4 Å². The lowest BCUT2D eigenvalue weighted by Crippen LogP contribution is -2.09. The molecule has 1 heterocycles. The molecule has 0 aliphatic carbocycles. The van der Waals surface area contributed by atoms with E-state index < -0.39 is 5.97 Å². The molecule has 0 bridgehead atoms. The summed E-state index contributed by atoms with van der Waals surface area (Å²) in [6.45, 7) is 3.69. The maximum absolute atomic E-state index is 13.2. The number of nitrogen functional groups attached to an aromatic ring is 1. The summed E-state index contributed by atoms with van der Waals surface area (Å²) in [5.74, 6) is -0.899. The molecule has 2 aromatic rings. The first-order valence-electron chi connectivity index (χ1n) is 5.56. The van der Waals surface area contributed by atoms with Crippen molar-refractivity contribution in [2.45, 2.75) is 13.8 Å². The van der Waals surface area contributed by atoms with Gasteiger partial charge in [-0.1, -0.05) is 0 Å². The van der Waals surface area contributed by atoms with Gasteiger partial charge in [0.15, 0.2) is 0 Å². The summed E-state index contributed by atoms with van der Waals surface area (Å²) >= 11 is 0. The number of halogens is 1. The molecule has 94 valence electrons. The van der Waals surface area contributed by atoms with E-state index in [1.54, 1.807) is 13.8 Å². The number of aryl methyl sites for hydroxylation is 1. The van der Waals surface area contributed by atoms with E-state index in [1.165, 1.54) is 18.3 Å². The summed E-state index contributed by atoms with van der Waals surface area (Å²) < 4.78 is 18.1. The second-order valence-electron chi connectivity index (χ2n) is 3.92. The van der Waals surface area contributed by atoms with Crippen molar-refractivity contribution in [3.05, 3.63) is 35.3 Å². The summed E-state index contributed by atoms with van der Waals surface area (Å²) in [7, 11) is 0. The van der Waals surface area contributed by atoms with Gasteiger partial charge >= 0.3 is 5.97 Å². The third-order valence-corrected chi connectivity index (χ3v) is 2.67. The molecule has 1 aromatic carbocycles. The second kappa shape index (κ2) is 4.60. The molecule has 0 aliphatic rings. The number of rotatable bonds is 2. The van der Waals surface area contributed by atoms with Crippen molar-refractivity contribution < 1.29 is 13.9 Å². The maximum Gasteiger partial charge on any atom is 0.341 e. The number of fused-ring (bicyclic) bond motifs is 1. The van der Waals surface area contributed by atoms with Crippen LogP contribution < -0.4 is 5.73 Å². The van der Waals surface area contributed by atoms with E-state index in [0.717, 1.165) is 0 Å². The molecule has 0 atom stereocenters. The Hall–Kier alpha value is -2.17. The van der Waals surface area contributed by atoms with Gasteiger partial charge in [-0.15, -0.1) is 0 Å². The van der Waals surface area contributed by atoms with Gasteiger partial charge < -0.3 is 10.5 Å². The van der Waals surface area contributed by atoms with Gasteiger partial charge in [-0.2, -0.15) is 0 Å². The third kappa shape index (κ3) is 1.99. The van der Waals surface area contributed by atoms with Crippen molar-refractivity contribution in [3.63, 3.8) is 0 Å². The predicted molar refractivity (Wildman–Crippen MR) is 66.8 cm³/mol. The highest BCUT2D eigenvalue weighted by Gasteiger charge is 2.16. The topological polar surface area (TPSA) is 65.2 Å². The summed E-state index contributed by atoms with van der Waals surface area (Å²) in [6.07, 6.45) is 1.31. The zero-order chi connectivity index (χ0) is 13.3. The molecule has 4 nitrogen and oxygen atoms in total. The van der Waals surface area contributed by atoms with E-state index in [0.29, 0.717) is 16.5 Å². The highest BCUT2D eigenvalue weighted by atomic mass is 19.1. The molecule has 0 aliphatic heterocycles. The van der Waals surface area contributed by atoms with Gasteiger partial charge in [0, 0.05) is 17.6 Å². The van der Waals surface area contributed by atoms with Crippen molar-refractivity contribution >= 4 is 22.6 Å². The zero-order valence-electron chi connectivity index (χ0n) is 10.2. The molecular weight excluding hydrogens is 235 g/mol. The lowest BCUT2D eigenvalue weighted by Gasteiger charge is -2.10. The third-order valence-electron chi connectivity index (χ3n) is 2.67. The van der Waals surface area contributed by atoms with Gasteiger partial charge in [0.05, 0.1) is 17.8 Å². The summed E-state index contributed by atoms with van der Waals surface area (Å²) in [4.78, 5) is 15.7. The first kappa shape index (κ1) is 12.3. The standard InChI is InChI=1S/C13H13FN2O2/c1-3-18-13(17)9-6-16-10-5-8(14)4-7(2)11(10)12(9)15/h4-6H,3H2,1-2H3,(H2,15,16). The van der Waals surface area contributed by atoms with Gasteiger partial charge in [-0.3, -0.25) is 4.98 Å². The molecule has 2 rings (SSSR count). The average molecular weight is 248 g/mol. The van der Waals surface area contributed by atoms with Crippen LogP contribution in [0.15, 0.2) is 18.3 Å². The quantitative estimate of drug-likeness (QED) is 0.829. The number of nitrogens with zero attached hydrogens (tertiary/aromatic N) is 1. The normalized spacial score (nSPS) is 10.6. The number of ether oxygens (including phenoxy) is 1. The molecule has 0 saturated heterocycles. The zero-order valence-corrected chi connectivity index (χ0v) is 10.2. The number of pyridine rings is 1. The van der Waals surface area contributed by atoms with Crippen LogP contribution in [0, 0.1) is 12.7 Å². The molecule has 18 heavy (non-hydrogen) atoms. The Morgan fingerprint density at radius 2 is 2.22 bits per heavy atom. The van der Waals surface area contributed by atoms with Crippen LogP contribution in [0.3, 0.4) is 0 Å². The predicted octanol–water partition coefficient (Wildman–Crippen LogP) is 2.44. The van der Waals surface area contributed by atoms with Crippen LogP contribution >= 0.6 is 0 Å². The number of benzene rings is 1. The Kier molecular flexibility index (Phi) is 3.14. The molecule has 0 unspecified atom stereocenters. The largest absolute Gasteiger partial charge is 0.462 e. The number of aromatic nitrogens is 1. The maximum atomic E-state index is 13.2. The summed E-state index contributed by atoms with van der Waals surface area (Å²) in [5.41, 5.74) is 7.49. The summed E-state index contributed by atoms with van der Waals surface area (Å²) in [6, 6.07) is 2.64. The van der Waals surface area contributed by atoms with Crippen molar-refractivity contribution in [1.82, 2.24) is 4.98 Å². The average Bonchev–Trinajstić information content (AvgIpc) is 2.28. The molecule has 0 amide bonds. The van der Waals surface area contributed by atoms with Crippen LogP contribution in [0.5, 0.6) is 0 Å². The molecular formula is C13H13FN2O2. The number of nitrogens with two attached hydrogens (primary N) is 1. The lowest BCUT2D eigenvalue weighted by molar-refractivity contribution is 0.0527. The Bertz CT molecular complexity index is 626. The molecule has 0 radical (unpaired) electrons. The Morgan fingerprint density at radius 1 is 1.50 bits per heavy atom. The SMILES string of the molecule is CCOC(=O)c1cnc2cc(F)cc(C)c2c1N. The molecule has 5 heteroatoms. The van der Waals surface area contributed by atoms with E-state index in [9.17, 15) is 9.18 Å². The number of hydrogen-bond acceptors (Lipinski definition) is 4. The van der Waals surface area contributed by atoms with Gasteiger partial charge in [-0.05, 0) is 25.5 Å². The Balaban J connectivity index is 2.67. The lowest BCUT2D eigenvalue weighted by atomic mass is 10.0. The van der Waals surface area contributed by atoms with Crippen molar-refractivity contribution in [2.24, 2.45) is 0 Å². The van der Waals surface area contributed by atoms with Gasteiger partial charge in [0.25, 0.3) is 0 Å². The van der Waals surface area contributed by atoms with Crippen LogP contribution in [0.2, 0.25) is 0 Å². The fourth-order valence-corrected chi connectivity index (χ4v) is 1.89. The Labute approximate surface area is 104 Å². The molecule has 2 N–H and O–H groups in total. The van der Waals surface area contributed by atoms with E-state index in [-0.39, 0.29) is 23.7 Å². The van der Waals surface area contributed by atoms with E-state index >= 15 is 0 Å². The van der Waals surface area contributed by atoms with Crippen molar-refractivity contribution in [3.8, 4) is 0 Å². The molecule has 0 spiro atoms. The minimum absolute atomic E-state index is 0.207. The molecule has 0 saturated carbocycles. The van der Waals surface area contributed by atoms with E-state index in [4.69, 9.17) is 10.5 Å². The van der Waals surface area contributed by atoms with Gasteiger partial charge in [-0.25, -0.2) is 9.18 Å². The Morgan fingerprint density at radius 3 is 2.89 bits per heavy atom.